The highest BCUT2D eigenvalue weighted by atomic mass is 19.1. The number of anilines is 1. The van der Waals surface area contributed by atoms with Crippen LogP contribution < -0.4 is 10.2 Å². The maximum Gasteiger partial charge on any atom is 0.146 e. The summed E-state index contributed by atoms with van der Waals surface area (Å²) in [6.45, 7) is 5.03. The fourth-order valence-electron chi connectivity index (χ4n) is 2.43. The van der Waals surface area contributed by atoms with Crippen LogP contribution in [-0.2, 0) is 0 Å². The molecule has 0 amide bonds. The highest BCUT2D eigenvalue weighted by Crippen LogP contribution is 2.24. The van der Waals surface area contributed by atoms with Crippen molar-refractivity contribution in [3.05, 3.63) is 30.1 Å². The Morgan fingerprint density at radius 1 is 1.31 bits per heavy atom. The minimum Gasteiger partial charge on any atom is -0.366 e. The molecular weight excluding hydrogens is 203 g/mol. The Kier molecular flexibility index (Phi) is 3.78. The van der Waals surface area contributed by atoms with Crippen LogP contribution in [0.1, 0.15) is 19.8 Å². The summed E-state index contributed by atoms with van der Waals surface area (Å²) in [7, 11) is 0. The first kappa shape index (κ1) is 11.4. The van der Waals surface area contributed by atoms with Crippen LogP contribution in [0.2, 0.25) is 0 Å². The molecule has 88 valence electrons. The van der Waals surface area contributed by atoms with E-state index < -0.39 is 0 Å². The third-order valence-corrected chi connectivity index (χ3v) is 3.25. The summed E-state index contributed by atoms with van der Waals surface area (Å²) in [5, 5.41) is 3.34. The molecule has 16 heavy (non-hydrogen) atoms. The predicted octanol–water partition coefficient (Wildman–Crippen LogP) is 2.40. The summed E-state index contributed by atoms with van der Waals surface area (Å²) in [4.78, 5) is 2.19. The molecule has 3 heteroatoms. The van der Waals surface area contributed by atoms with Gasteiger partial charge in [-0.15, -0.1) is 0 Å². The van der Waals surface area contributed by atoms with Gasteiger partial charge in [0.15, 0.2) is 0 Å². The van der Waals surface area contributed by atoms with Crippen LogP contribution in [0, 0.1) is 5.82 Å². The van der Waals surface area contributed by atoms with Crippen molar-refractivity contribution in [2.45, 2.75) is 25.8 Å². The normalized spacial score (nSPS) is 17.4. The molecule has 1 saturated heterocycles. The highest BCUT2D eigenvalue weighted by molar-refractivity contribution is 5.48. The lowest BCUT2D eigenvalue weighted by molar-refractivity contribution is 0.429. The molecule has 0 atom stereocenters. The van der Waals surface area contributed by atoms with E-state index >= 15 is 0 Å². The van der Waals surface area contributed by atoms with Crippen LogP contribution in [0.5, 0.6) is 0 Å². The molecule has 1 fully saturated rings. The van der Waals surface area contributed by atoms with Crippen LogP contribution in [0.4, 0.5) is 10.1 Å². The Morgan fingerprint density at radius 2 is 2.00 bits per heavy atom. The minimum absolute atomic E-state index is 0.108. The van der Waals surface area contributed by atoms with Gasteiger partial charge in [0.2, 0.25) is 0 Å². The second kappa shape index (κ2) is 5.30. The summed E-state index contributed by atoms with van der Waals surface area (Å²) in [5.41, 5.74) is 0.747. The summed E-state index contributed by atoms with van der Waals surface area (Å²) in [5.74, 6) is -0.108. The number of rotatable bonds is 3. The summed E-state index contributed by atoms with van der Waals surface area (Å²) < 4.78 is 13.7. The second-order valence-corrected chi connectivity index (χ2v) is 4.22. The average Bonchev–Trinajstić information content (AvgIpc) is 2.34. The van der Waals surface area contributed by atoms with Gasteiger partial charge in [0, 0.05) is 12.6 Å². The molecule has 0 aliphatic carbocycles. The number of piperidine rings is 1. The lowest BCUT2D eigenvalue weighted by Gasteiger charge is -2.35. The van der Waals surface area contributed by atoms with Gasteiger partial charge < -0.3 is 10.2 Å². The molecular formula is C13H19FN2. The van der Waals surface area contributed by atoms with Gasteiger partial charge in [0.1, 0.15) is 5.82 Å². The third kappa shape index (κ3) is 2.35. The summed E-state index contributed by atoms with van der Waals surface area (Å²) >= 11 is 0. The van der Waals surface area contributed by atoms with Crippen molar-refractivity contribution in [2.75, 3.05) is 24.5 Å². The number of hydrogen-bond acceptors (Lipinski definition) is 2. The predicted molar refractivity (Wildman–Crippen MR) is 65.3 cm³/mol. The molecule has 0 saturated carbocycles. The summed E-state index contributed by atoms with van der Waals surface area (Å²) in [6.07, 6.45) is 2.20. The molecule has 1 aliphatic rings. The molecule has 0 spiro atoms. The zero-order chi connectivity index (χ0) is 11.4. The van der Waals surface area contributed by atoms with E-state index in [4.69, 9.17) is 0 Å². The van der Waals surface area contributed by atoms with E-state index in [1.54, 1.807) is 12.1 Å². The Morgan fingerprint density at radius 3 is 2.62 bits per heavy atom. The van der Waals surface area contributed by atoms with E-state index in [2.05, 4.69) is 17.1 Å². The first-order valence-corrected chi connectivity index (χ1v) is 6.05. The van der Waals surface area contributed by atoms with Gasteiger partial charge in [-0.3, -0.25) is 0 Å². The van der Waals surface area contributed by atoms with Crippen LogP contribution >= 0.6 is 0 Å². The van der Waals surface area contributed by atoms with Gasteiger partial charge in [-0.2, -0.15) is 0 Å². The Hall–Kier alpha value is -1.09. The molecule has 1 heterocycles. The van der Waals surface area contributed by atoms with E-state index in [1.165, 1.54) is 0 Å². The highest BCUT2D eigenvalue weighted by Gasteiger charge is 2.21. The molecule has 0 aromatic heterocycles. The molecule has 0 unspecified atom stereocenters. The fourth-order valence-corrected chi connectivity index (χ4v) is 2.43. The van der Waals surface area contributed by atoms with Gasteiger partial charge in [-0.25, -0.2) is 4.39 Å². The van der Waals surface area contributed by atoms with Crippen molar-refractivity contribution in [2.24, 2.45) is 0 Å². The van der Waals surface area contributed by atoms with Crippen molar-refractivity contribution >= 4 is 5.69 Å². The summed E-state index contributed by atoms with van der Waals surface area (Å²) in [6, 6.07) is 7.54. The molecule has 2 rings (SSSR count). The van der Waals surface area contributed by atoms with Crippen molar-refractivity contribution in [3.8, 4) is 0 Å². The smallest absolute Gasteiger partial charge is 0.146 e. The number of hydrogen-bond donors (Lipinski definition) is 1. The van der Waals surface area contributed by atoms with Gasteiger partial charge in [0.05, 0.1) is 5.69 Å². The maximum atomic E-state index is 13.7. The van der Waals surface area contributed by atoms with Crippen LogP contribution in [0.15, 0.2) is 24.3 Å². The van der Waals surface area contributed by atoms with Gasteiger partial charge >= 0.3 is 0 Å². The van der Waals surface area contributed by atoms with Crippen molar-refractivity contribution in [3.63, 3.8) is 0 Å². The SMILES string of the molecule is CCN(c1ccccc1F)C1CCNCC1. The average molecular weight is 222 g/mol. The van der Waals surface area contributed by atoms with E-state index in [0.717, 1.165) is 38.2 Å². The molecule has 1 aliphatic heterocycles. The zero-order valence-corrected chi connectivity index (χ0v) is 9.75. The van der Waals surface area contributed by atoms with Crippen LogP contribution in [0.3, 0.4) is 0 Å². The maximum absolute atomic E-state index is 13.7. The largest absolute Gasteiger partial charge is 0.366 e. The lowest BCUT2D eigenvalue weighted by atomic mass is 10.0. The van der Waals surface area contributed by atoms with Crippen molar-refractivity contribution in [1.82, 2.24) is 5.32 Å². The first-order valence-electron chi connectivity index (χ1n) is 6.05. The van der Waals surface area contributed by atoms with Crippen LogP contribution in [0.25, 0.3) is 0 Å². The molecule has 0 bridgehead atoms. The number of benzene rings is 1. The number of nitrogens with zero attached hydrogens (tertiary/aromatic N) is 1. The molecule has 1 aromatic carbocycles. The number of halogens is 1. The molecule has 2 nitrogen and oxygen atoms in total. The lowest BCUT2D eigenvalue weighted by Crippen LogP contribution is -2.43. The Bertz CT molecular complexity index is 334. The topological polar surface area (TPSA) is 15.3 Å². The molecule has 0 radical (unpaired) electrons. The van der Waals surface area contributed by atoms with E-state index in [-0.39, 0.29) is 5.82 Å². The van der Waals surface area contributed by atoms with Gasteiger partial charge in [-0.1, -0.05) is 12.1 Å². The molecule has 1 N–H and O–H groups in total. The van der Waals surface area contributed by atoms with Crippen molar-refractivity contribution in [1.29, 1.82) is 0 Å². The molecule has 1 aromatic rings. The van der Waals surface area contributed by atoms with E-state index in [0.29, 0.717) is 6.04 Å². The van der Waals surface area contributed by atoms with Crippen molar-refractivity contribution < 1.29 is 4.39 Å². The third-order valence-electron chi connectivity index (χ3n) is 3.25. The fraction of sp³-hybridized carbons (Fsp3) is 0.538. The van der Waals surface area contributed by atoms with Gasteiger partial charge in [-0.05, 0) is 45.0 Å². The Labute approximate surface area is 96.5 Å². The van der Waals surface area contributed by atoms with Gasteiger partial charge in [0.25, 0.3) is 0 Å². The first-order chi connectivity index (χ1) is 7.83. The quantitative estimate of drug-likeness (QED) is 0.845. The van der Waals surface area contributed by atoms with Crippen LogP contribution in [-0.4, -0.2) is 25.7 Å². The Balaban J connectivity index is 2.18. The minimum atomic E-state index is -0.108. The monoisotopic (exact) mass is 222 g/mol. The zero-order valence-electron chi connectivity index (χ0n) is 9.75. The second-order valence-electron chi connectivity index (χ2n) is 4.22. The van der Waals surface area contributed by atoms with E-state index in [9.17, 15) is 4.39 Å². The number of nitrogens with one attached hydrogen (secondary N) is 1. The standard InChI is InChI=1S/C13H19FN2/c1-2-16(11-7-9-15-10-8-11)13-6-4-3-5-12(13)14/h3-6,11,15H,2,7-10H2,1H3. The number of para-hydroxylation sites is 1. The van der Waals surface area contributed by atoms with E-state index in [1.807, 2.05) is 12.1 Å².